The van der Waals surface area contributed by atoms with Crippen LogP contribution in [0, 0.1) is 11.8 Å². The number of rotatable bonds is 1. The molecule has 3 aliphatic rings. The molecule has 1 aromatic carbocycles. The molecular weight excluding hydrogens is 441 g/mol. The van der Waals surface area contributed by atoms with E-state index >= 15 is 0 Å². The van der Waals surface area contributed by atoms with Crippen molar-refractivity contribution in [1.29, 1.82) is 0 Å². The molecule has 0 bridgehead atoms. The number of likely N-dealkylation sites (tertiary alicyclic amines) is 1. The van der Waals surface area contributed by atoms with Crippen LogP contribution in [-0.4, -0.2) is 38.0 Å². The fraction of sp³-hybridized carbons (Fsp3) is 0.500. The third-order valence-electron chi connectivity index (χ3n) is 8.10. The van der Waals surface area contributed by atoms with E-state index in [-0.39, 0.29) is 35.3 Å². The van der Waals surface area contributed by atoms with Crippen molar-refractivity contribution in [1.82, 2.24) is 19.5 Å². The number of aromatic nitrogens is 3. The second kappa shape index (κ2) is 7.82. The number of alkyl halides is 3. The van der Waals surface area contributed by atoms with Crippen LogP contribution in [0.5, 0.6) is 0 Å². The van der Waals surface area contributed by atoms with Crippen LogP contribution in [0.25, 0.3) is 16.9 Å². The zero-order valence-corrected chi connectivity index (χ0v) is 19.1. The van der Waals surface area contributed by atoms with Gasteiger partial charge in [-0.2, -0.15) is 18.3 Å². The zero-order valence-electron chi connectivity index (χ0n) is 19.1. The maximum absolute atomic E-state index is 14.3. The monoisotopic (exact) mass is 468 g/mol. The number of aryl methyl sites for hydroxylation is 1. The van der Waals surface area contributed by atoms with Gasteiger partial charge in [0.05, 0.1) is 5.69 Å². The zero-order chi connectivity index (χ0) is 23.6. The van der Waals surface area contributed by atoms with Crippen LogP contribution in [-0.2, 0) is 19.0 Å². The number of nitrogens with zero attached hydrogens (tertiary/aromatic N) is 4. The lowest BCUT2D eigenvalue weighted by atomic mass is 9.72. The maximum Gasteiger partial charge on any atom is 0.433 e. The molecule has 8 heteroatoms. The Bertz CT molecular complexity index is 1280. The van der Waals surface area contributed by atoms with Crippen molar-refractivity contribution in [3.05, 3.63) is 52.8 Å². The number of hydrogen-bond donors (Lipinski definition) is 0. The van der Waals surface area contributed by atoms with Crippen LogP contribution in [0.3, 0.4) is 0 Å². The number of hydrogen-bond acceptors (Lipinski definition) is 3. The first-order valence-corrected chi connectivity index (χ1v) is 12.2. The first kappa shape index (κ1) is 21.6. The predicted molar refractivity (Wildman–Crippen MR) is 121 cm³/mol. The molecule has 3 atom stereocenters. The molecule has 2 aliphatic carbocycles. The molecule has 34 heavy (non-hydrogen) atoms. The minimum Gasteiger partial charge on any atom is -0.334 e. The molecule has 1 aliphatic heterocycles. The lowest BCUT2D eigenvalue weighted by molar-refractivity contribution is -0.143. The summed E-state index contributed by atoms with van der Waals surface area (Å²) < 4.78 is 43.8. The van der Waals surface area contributed by atoms with Gasteiger partial charge in [-0.15, -0.1) is 0 Å². The fourth-order valence-electron chi connectivity index (χ4n) is 6.43. The Labute approximate surface area is 196 Å². The van der Waals surface area contributed by atoms with E-state index in [2.05, 4.69) is 17.0 Å². The van der Waals surface area contributed by atoms with E-state index in [0.29, 0.717) is 30.5 Å². The molecule has 5 nitrogen and oxygen atoms in total. The minimum absolute atomic E-state index is 0.0486. The average Bonchev–Trinajstić information content (AvgIpc) is 3.25. The highest BCUT2D eigenvalue weighted by Gasteiger charge is 2.42. The Morgan fingerprint density at radius 2 is 1.88 bits per heavy atom. The first-order valence-electron chi connectivity index (χ1n) is 12.2. The van der Waals surface area contributed by atoms with Crippen LogP contribution >= 0.6 is 0 Å². The lowest BCUT2D eigenvalue weighted by Gasteiger charge is -2.47. The normalized spacial score (nSPS) is 24.5. The molecule has 1 saturated heterocycles. The molecule has 6 rings (SSSR count). The largest absolute Gasteiger partial charge is 0.433 e. The van der Waals surface area contributed by atoms with Crippen molar-refractivity contribution in [2.45, 2.75) is 64.1 Å². The number of amides is 1. The summed E-state index contributed by atoms with van der Waals surface area (Å²) in [5, 5.41) is 4.22. The standard InChI is InChI=1S/C26H27F3N4O/c1-15-12-13-32(21-9-5-4-7-17(15)21)25(34)20-14-22-30-23-18-8-3-2-6-16(18)10-11-19(23)24(26(27,28)29)33(22)31-20/h2-3,6,8,14-15,17,21H,4-5,7,9-13H2,1H3/t15-,17+,21+/m0/s1. The van der Waals surface area contributed by atoms with Gasteiger partial charge in [-0.3, -0.25) is 4.79 Å². The van der Waals surface area contributed by atoms with Gasteiger partial charge in [-0.1, -0.05) is 44.0 Å². The van der Waals surface area contributed by atoms with Crippen molar-refractivity contribution >= 4 is 11.6 Å². The average molecular weight is 469 g/mol. The van der Waals surface area contributed by atoms with E-state index in [1.54, 1.807) is 0 Å². The van der Waals surface area contributed by atoms with Crippen molar-refractivity contribution in [3.63, 3.8) is 0 Å². The molecule has 1 amide bonds. The third-order valence-corrected chi connectivity index (χ3v) is 8.10. The van der Waals surface area contributed by atoms with Gasteiger partial charge >= 0.3 is 6.18 Å². The molecule has 2 aromatic heterocycles. The first-order chi connectivity index (χ1) is 16.3. The Kier molecular flexibility index (Phi) is 4.97. The molecule has 0 unspecified atom stereocenters. The van der Waals surface area contributed by atoms with Gasteiger partial charge in [0.25, 0.3) is 5.91 Å². The van der Waals surface area contributed by atoms with Crippen LogP contribution in [0.1, 0.15) is 66.3 Å². The maximum atomic E-state index is 14.3. The van der Waals surface area contributed by atoms with Gasteiger partial charge in [-0.25, -0.2) is 9.50 Å². The van der Waals surface area contributed by atoms with Crippen LogP contribution in [0.15, 0.2) is 30.3 Å². The van der Waals surface area contributed by atoms with E-state index < -0.39 is 11.9 Å². The Balaban J connectivity index is 1.47. The Hall–Kier alpha value is -2.90. The molecular formula is C26H27F3N4O. The predicted octanol–water partition coefficient (Wildman–Crippen LogP) is 5.55. The molecule has 0 N–H and O–H groups in total. The highest BCUT2D eigenvalue weighted by Crippen LogP contribution is 2.42. The number of halogens is 3. The molecule has 1 saturated carbocycles. The molecule has 3 aromatic rings. The summed E-state index contributed by atoms with van der Waals surface area (Å²) in [6.07, 6.45) is 1.36. The topological polar surface area (TPSA) is 50.5 Å². The van der Waals surface area contributed by atoms with E-state index in [1.807, 2.05) is 29.2 Å². The summed E-state index contributed by atoms with van der Waals surface area (Å²) in [7, 11) is 0. The Morgan fingerprint density at radius 1 is 1.09 bits per heavy atom. The van der Waals surface area contributed by atoms with Crippen molar-refractivity contribution in [2.75, 3.05) is 6.54 Å². The molecule has 2 fully saturated rings. The number of fused-ring (bicyclic) bond motifs is 5. The lowest BCUT2D eigenvalue weighted by Crippen LogP contribution is -2.52. The highest BCUT2D eigenvalue weighted by atomic mass is 19.4. The molecule has 0 spiro atoms. The number of benzene rings is 1. The number of carbonyl (C=O) groups excluding carboxylic acids is 1. The SMILES string of the molecule is C[C@H]1CCN(C(=O)c2cc3nc4c(c(C(F)(F)F)n3n2)CCc2ccccc2-4)[C@@H]2CCCC[C@@H]21. The molecule has 3 heterocycles. The smallest absolute Gasteiger partial charge is 0.334 e. The van der Waals surface area contributed by atoms with Crippen LogP contribution in [0.2, 0.25) is 0 Å². The number of piperidine rings is 1. The number of carbonyl (C=O) groups is 1. The summed E-state index contributed by atoms with van der Waals surface area (Å²) in [4.78, 5) is 20.0. The summed E-state index contributed by atoms with van der Waals surface area (Å²) in [6, 6.07) is 9.03. The van der Waals surface area contributed by atoms with Crippen molar-refractivity contribution in [3.8, 4) is 11.3 Å². The molecule has 0 radical (unpaired) electrons. The quantitative estimate of drug-likeness (QED) is 0.470. The second-order valence-corrected chi connectivity index (χ2v) is 10.0. The van der Waals surface area contributed by atoms with Gasteiger partial charge in [0, 0.05) is 29.8 Å². The van der Waals surface area contributed by atoms with E-state index in [9.17, 15) is 18.0 Å². The Morgan fingerprint density at radius 3 is 2.71 bits per heavy atom. The summed E-state index contributed by atoms with van der Waals surface area (Å²) in [5.74, 6) is 0.734. The van der Waals surface area contributed by atoms with Crippen LogP contribution in [0.4, 0.5) is 13.2 Å². The van der Waals surface area contributed by atoms with E-state index in [1.165, 1.54) is 12.5 Å². The van der Waals surface area contributed by atoms with Gasteiger partial charge in [0.1, 0.15) is 0 Å². The highest BCUT2D eigenvalue weighted by molar-refractivity contribution is 5.94. The van der Waals surface area contributed by atoms with Gasteiger partial charge in [0.15, 0.2) is 17.0 Å². The van der Waals surface area contributed by atoms with Crippen molar-refractivity contribution < 1.29 is 18.0 Å². The summed E-state index contributed by atoms with van der Waals surface area (Å²) >= 11 is 0. The van der Waals surface area contributed by atoms with Crippen LogP contribution < -0.4 is 0 Å². The van der Waals surface area contributed by atoms with Crippen molar-refractivity contribution in [2.24, 2.45) is 11.8 Å². The summed E-state index contributed by atoms with van der Waals surface area (Å²) in [5.41, 5.74) is 1.51. The van der Waals surface area contributed by atoms with E-state index in [4.69, 9.17) is 0 Å². The van der Waals surface area contributed by atoms with Gasteiger partial charge in [-0.05, 0) is 49.5 Å². The third kappa shape index (κ3) is 3.33. The van der Waals surface area contributed by atoms with Gasteiger partial charge < -0.3 is 4.90 Å². The fourth-order valence-corrected chi connectivity index (χ4v) is 6.43. The minimum atomic E-state index is -4.61. The van der Waals surface area contributed by atoms with Gasteiger partial charge in [0.2, 0.25) is 0 Å². The van der Waals surface area contributed by atoms with E-state index in [0.717, 1.165) is 41.3 Å². The summed E-state index contributed by atoms with van der Waals surface area (Å²) in [6.45, 7) is 2.87. The second-order valence-electron chi connectivity index (χ2n) is 10.0. The molecule has 178 valence electrons.